The van der Waals surface area contributed by atoms with E-state index in [-0.39, 0.29) is 5.41 Å². The fraction of sp³-hybridized carbons (Fsp3) is 0.458. The van der Waals surface area contributed by atoms with Crippen molar-refractivity contribution in [2.24, 2.45) is 23.2 Å². The third-order valence-corrected chi connectivity index (χ3v) is 5.77. The zero-order chi connectivity index (χ0) is 18.2. The Bertz CT molecular complexity index is 759. The summed E-state index contributed by atoms with van der Waals surface area (Å²) in [6, 6.07) is 6.54. The molecule has 0 N–H and O–H groups in total. The molecule has 25 heavy (non-hydrogen) atoms. The number of hydrogen-bond donors (Lipinski definition) is 0. The second kappa shape index (κ2) is 6.78. The molecule has 2 aliphatic carbocycles. The third kappa shape index (κ3) is 3.56. The summed E-state index contributed by atoms with van der Waals surface area (Å²) in [5, 5.41) is 0. The molecule has 0 radical (unpaired) electrons. The van der Waals surface area contributed by atoms with Crippen LogP contribution in [0, 0.1) is 23.2 Å². The number of aromatic nitrogens is 1. The van der Waals surface area contributed by atoms with E-state index in [9.17, 15) is 0 Å². The Morgan fingerprint density at radius 3 is 2.44 bits per heavy atom. The van der Waals surface area contributed by atoms with Crippen molar-refractivity contribution in [2.45, 2.75) is 48.0 Å². The van der Waals surface area contributed by atoms with Crippen molar-refractivity contribution in [1.29, 1.82) is 0 Å². The van der Waals surface area contributed by atoms with E-state index in [1.807, 2.05) is 0 Å². The van der Waals surface area contributed by atoms with Crippen LogP contribution >= 0.6 is 0 Å². The van der Waals surface area contributed by atoms with Gasteiger partial charge >= 0.3 is 0 Å². The van der Waals surface area contributed by atoms with E-state index in [0.717, 1.165) is 12.1 Å². The zero-order valence-electron chi connectivity index (χ0n) is 16.5. The van der Waals surface area contributed by atoms with Crippen molar-refractivity contribution < 1.29 is 0 Å². The lowest BCUT2D eigenvalue weighted by atomic mass is 9.76. The van der Waals surface area contributed by atoms with Crippen LogP contribution in [0.1, 0.15) is 52.9 Å². The quantitative estimate of drug-likeness (QED) is 0.607. The van der Waals surface area contributed by atoms with Gasteiger partial charge in [0.2, 0.25) is 0 Å². The van der Waals surface area contributed by atoms with Crippen LogP contribution in [-0.4, -0.2) is 4.98 Å². The van der Waals surface area contributed by atoms with Gasteiger partial charge in [-0.15, -0.1) is 0 Å². The Balaban J connectivity index is 1.91. The predicted octanol–water partition coefficient (Wildman–Crippen LogP) is 6.40. The molecule has 1 aromatic heterocycles. The molecule has 3 rings (SSSR count). The van der Waals surface area contributed by atoms with Gasteiger partial charge in [0.05, 0.1) is 5.69 Å². The molecule has 0 saturated carbocycles. The summed E-state index contributed by atoms with van der Waals surface area (Å²) in [5.74, 6) is 1.55. The first-order chi connectivity index (χ1) is 11.8. The highest BCUT2D eigenvalue weighted by molar-refractivity contribution is 5.83. The standard InChI is InChI=1S/C24H31N/c1-16(2)21-14-17(3)18(4)23(21)22-13-9-12-20(25-22)15-24(5,6)19-10-7-8-11-19/h7-14,16-17,19H,15H2,1-6H3. The molecule has 1 nitrogen and oxygen atoms in total. The van der Waals surface area contributed by atoms with E-state index in [1.54, 1.807) is 0 Å². The fourth-order valence-corrected chi connectivity index (χ4v) is 4.02. The largest absolute Gasteiger partial charge is 0.253 e. The minimum atomic E-state index is 0.179. The lowest BCUT2D eigenvalue weighted by molar-refractivity contribution is 0.300. The molecule has 1 aromatic rings. The van der Waals surface area contributed by atoms with Crippen LogP contribution < -0.4 is 0 Å². The van der Waals surface area contributed by atoms with Gasteiger partial charge in [0.1, 0.15) is 0 Å². The number of hydrogen-bond acceptors (Lipinski definition) is 1. The summed E-state index contributed by atoms with van der Waals surface area (Å²) in [6.07, 6.45) is 12.3. The minimum absolute atomic E-state index is 0.179. The van der Waals surface area contributed by atoms with Crippen LogP contribution in [0.2, 0.25) is 0 Å². The van der Waals surface area contributed by atoms with Crippen molar-refractivity contribution in [3.8, 4) is 0 Å². The number of allylic oxidation sites excluding steroid dienone is 8. The molecular formula is C24H31N. The van der Waals surface area contributed by atoms with E-state index in [1.165, 1.54) is 22.4 Å². The Morgan fingerprint density at radius 1 is 1.12 bits per heavy atom. The summed E-state index contributed by atoms with van der Waals surface area (Å²) >= 11 is 0. The van der Waals surface area contributed by atoms with Crippen molar-refractivity contribution in [3.05, 3.63) is 71.1 Å². The van der Waals surface area contributed by atoms with Crippen LogP contribution in [0.3, 0.4) is 0 Å². The monoisotopic (exact) mass is 333 g/mol. The van der Waals surface area contributed by atoms with E-state index < -0.39 is 0 Å². The molecule has 2 aliphatic rings. The maximum absolute atomic E-state index is 5.08. The van der Waals surface area contributed by atoms with Crippen molar-refractivity contribution in [2.75, 3.05) is 0 Å². The van der Waals surface area contributed by atoms with Gasteiger partial charge < -0.3 is 0 Å². The van der Waals surface area contributed by atoms with Gasteiger partial charge in [-0.25, -0.2) is 0 Å². The Kier molecular flexibility index (Phi) is 4.86. The first-order valence-corrected chi connectivity index (χ1v) is 9.54. The van der Waals surface area contributed by atoms with E-state index >= 15 is 0 Å². The molecule has 0 bridgehead atoms. The molecule has 1 atom stereocenters. The number of pyridine rings is 1. The van der Waals surface area contributed by atoms with Crippen molar-refractivity contribution in [1.82, 2.24) is 4.98 Å². The Morgan fingerprint density at radius 2 is 1.80 bits per heavy atom. The lowest BCUT2D eigenvalue weighted by Gasteiger charge is -2.29. The average Bonchev–Trinajstić information content (AvgIpc) is 3.17. The molecule has 0 saturated heterocycles. The minimum Gasteiger partial charge on any atom is -0.253 e. The Hall–Kier alpha value is -1.89. The summed E-state index contributed by atoms with van der Waals surface area (Å²) in [5.41, 5.74) is 6.80. The molecule has 0 fully saturated rings. The second-order valence-electron chi connectivity index (χ2n) is 8.60. The first-order valence-electron chi connectivity index (χ1n) is 9.54. The van der Waals surface area contributed by atoms with E-state index in [4.69, 9.17) is 4.98 Å². The molecule has 132 valence electrons. The molecule has 0 amide bonds. The second-order valence-corrected chi connectivity index (χ2v) is 8.60. The van der Waals surface area contributed by atoms with Gasteiger partial charge in [0.25, 0.3) is 0 Å². The lowest BCUT2D eigenvalue weighted by Crippen LogP contribution is -2.23. The molecular weight excluding hydrogens is 302 g/mol. The third-order valence-electron chi connectivity index (χ3n) is 5.77. The summed E-state index contributed by atoms with van der Waals surface area (Å²) in [4.78, 5) is 5.08. The molecule has 1 heteroatoms. The summed E-state index contributed by atoms with van der Waals surface area (Å²) in [7, 11) is 0. The van der Waals surface area contributed by atoms with Crippen LogP contribution in [0.15, 0.2) is 59.7 Å². The summed E-state index contributed by atoms with van der Waals surface area (Å²) < 4.78 is 0. The topological polar surface area (TPSA) is 12.9 Å². The molecule has 0 spiro atoms. The Labute approximate surface area is 153 Å². The predicted molar refractivity (Wildman–Crippen MR) is 108 cm³/mol. The van der Waals surface area contributed by atoms with E-state index in [2.05, 4.69) is 90.1 Å². The van der Waals surface area contributed by atoms with E-state index in [0.29, 0.717) is 17.8 Å². The van der Waals surface area contributed by atoms with Gasteiger partial charge in [-0.1, -0.05) is 76.6 Å². The van der Waals surface area contributed by atoms with Gasteiger partial charge in [-0.3, -0.25) is 4.98 Å². The van der Waals surface area contributed by atoms with Crippen LogP contribution in [-0.2, 0) is 6.42 Å². The number of rotatable bonds is 5. The molecule has 0 aliphatic heterocycles. The highest BCUT2D eigenvalue weighted by Gasteiger charge is 2.29. The number of nitrogens with zero attached hydrogens (tertiary/aromatic N) is 1. The van der Waals surface area contributed by atoms with Crippen molar-refractivity contribution >= 4 is 5.57 Å². The van der Waals surface area contributed by atoms with Crippen LogP contribution in [0.4, 0.5) is 0 Å². The SMILES string of the molecule is CC1=C(c2cccc(CC(C)(C)C3C=CC=C3)n2)C(C(C)C)=CC1C. The molecule has 1 unspecified atom stereocenters. The normalized spacial score (nSPS) is 20.9. The maximum Gasteiger partial charge on any atom is 0.0707 e. The molecule has 0 aromatic carbocycles. The smallest absolute Gasteiger partial charge is 0.0707 e. The molecule has 1 heterocycles. The highest BCUT2D eigenvalue weighted by atomic mass is 14.7. The van der Waals surface area contributed by atoms with Gasteiger partial charge in [-0.2, -0.15) is 0 Å². The van der Waals surface area contributed by atoms with Gasteiger partial charge in [-0.05, 0) is 48.3 Å². The maximum atomic E-state index is 5.08. The van der Waals surface area contributed by atoms with Gasteiger partial charge in [0.15, 0.2) is 0 Å². The first kappa shape index (κ1) is 17.9. The summed E-state index contributed by atoms with van der Waals surface area (Å²) in [6.45, 7) is 13.8. The average molecular weight is 334 g/mol. The van der Waals surface area contributed by atoms with Gasteiger partial charge in [0, 0.05) is 17.2 Å². The van der Waals surface area contributed by atoms with Crippen LogP contribution in [0.25, 0.3) is 5.57 Å². The zero-order valence-corrected chi connectivity index (χ0v) is 16.5. The van der Waals surface area contributed by atoms with Crippen molar-refractivity contribution in [3.63, 3.8) is 0 Å². The highest BCUT2D eigenvalue weighted by Crippen LogP contribution is 2.41. The van der Waals surface area contributed by atoms with Crippen LogP contribution in [0.5, 0.6) is 0 Å². The fourth-order valence-electron chi connectivity index (χ4n) is 4.02.